The van der Waals surface area contributed by atoms with E-state index in [1.165, 1.54) is 16.7 Å². The molecule has 0 fully saturated rings. The number of rotatable bonds is 3. The zero-order valence-corrected chi connectivity index (χ0v) is 13.3. The number of aryl methyl sites for hydroxylation is 1. The Kier molecular flexibility index (Phi) is 3.67. The van der Waals surface area contributed by atoms with Crippen molar-refractivity contribution in [3.05, 3.63) is 84.4 Å². The highest BCUT2D eigenvalue weighted by Gasteiger charge is 2.10. The Morgan fingerprint density at radius 1 is 0.625 bits per heavy atom. The molecule has 0 aliphatic rings. The molecule has 0 amide bonds. The molecule has 0 atom stereocenters. The Hall–Kier alpha value is -3.20. The third-order valence-corrected chi connectivity index (χ3v) is 3.97. The summed E-state index contributed by atoms with van der Waals surface area (Å²) in [7, 11) is 0. The molecule has 4 aromatic rings. The monoisotopic (exact) mass is 312 g/mol. The summed E-state index contributed by atoms with van der Waals surface area (Å²) in [5, 5.41) is 4.07. The fraction of sp³-hybridized carbons (Fsp3) is 0.0476. The topological polar surface area (TPSA) is 38.9 Å². The number of hydrogen-bond acceptors (Lipinski definition) is 3. The molecule has 3 heteroatoms. The van der Waals surface area contributed by atoms with Crippen molar-refractivity contribution in [3.63, 3.8) is 0 Å². The van der Waals surface area contributed by atoms with Crippen LogP contribution in [-0.2, 0) is 0 Å². The van der Waals surface area contributed by atoms with Crippen molar-refractivity contribution in [2.45, 2.75) is 6.92 Å². The highest BCUT2D eigenvalue weighted by molar-refractivity contribution is 5.68. The van der Waals surface area contributed by atoms with Gasteiger partial charge in [-0.25, -0.2) is 0 Å². The molecule has 116 valence electrons. The maximum Gasteiger partial charge on any atom is 0.258 e. The minimum atomic E-state index is 0.532. The molecular formula is C21H16N2O. The fourth-order valence-electron chi connectivity index (χ4n) is 2.60. The number of hydrogen-bond donors (Lipinski definition) is 0. The molecule has 1 aromatic heterocycles. The van der Waals surface area contributed by atoms with Gasteiger partial charge in [-0.3, -0.25) is 0 Å². The van der Waals surface area contributed by atoms with E-state index in [0.29, 0.717) is 11.7 Å². The first-order valence-electron chi connectivity index (χ1n) is 7.86. The first kappa shape index (κ1) is 14.4. The lowest BCUT2D eigenvalue weighted by Gasteiger charge is -2.03. The van der Waals surface area contributed by atoms with Crippen molar-refractivity contribution in [2.75, 3.05) is 0 Å². The SMILES string of the molecule is Cc1ccc(-c2ccc(-c3nc(-c4ccccc4)no3)cc2)cc1. The van der Waals surface area contributed by atoms with E-state index in [1.807, 2.05) is 42.5 Å². The summed E-state index contributed by atoms with van der Waals surface area (Å²) in [5.41, 5.74) is 5.49. The zero-order chi connectivity index (χ0) is 16.4. The summed E-state index contributed by atoms with van der Waals surface area (Å²) in [6.07, 6.45) is 0. The van der Waals surface area contributed by atoms with Crippen LogP contribution in [0.1, 0.15) is 5.56 Å². The van der Waals surface area contributed by atoms with Crippen LogP contribution in [0.25, 0.3) is 34.0 Å². The maximum atomic E-state index is 5.41. The lowest BCUT2D eigenvalue weighted by atomic mass is 10.0. The minimum absolute atomic E-state index is 0.532. The highest BCUT2D eigenvalue weighted by atomic mass is 16.5. The molecule has 0 bridgehead atoms. The van der Waals surface area contributed by atoms with Crippen LogP contribution in [0, 0.1) is 6.92 Å². The number of aromatic nitrogens is 2. The molecule has 0 saturated carbocycles. The van der Waals surface area contributed by atoms with Crippen molar-refractivity contribution < 1.29 is 4.52 Å². The summed E-state index contributed by atoms with van der Waals surface area (Å²) in [6, 6.07) is 26.5. The number of nitrogens with zero attached hydrogens (tertiary/aromatic N) is 2. The van der Waals surface area contributed by atoms with Crippen molar-refractivity contribution >= 4 is 0 Å². The van der Waals surface area contributed by atoms with Crippen LogP contribution in [0.2, 0.25) is 0 Å². The predicted molar refractivity (Wildman–Crippen MR) is 95.3 cm³/mol. The van der Waals surface area contributed by atoms with Crippen molar-refractivity contribution in [2.24, 2.45) is 0 Å². The normalized spacial score (nSPS) is 10.7. The van der Waals surface area contributed by atoms with Crippen LogP contribution in [0.4, 0.5) is 0 Å². The fourth-order valence-corrected chi connectivity index (χ4v) is 2.60. The van der Waals surface area contributed by atoms with Crippen molar-refractivity contribution in [3.8, 4) is 34.0 Å². The average molecular weight is 312 g/mol. The third-order valence-electron chi connectivity index (χ3n) is 3.97. The molecule has 0 unspecified atom stereocenters. The van der Waals surface area contributed by atoms with Crippen LogP contribution in [0.5, 0.6) is 0 Å². The lowest BCUT2D eigenvalue weighted by molar-refractivity contribution is 0.432. The van der Waals surface area contributed by atoms with Crippen molar-refractivity contribution in [1.29, 1.82) is 0 Å². The second kappa shape index (κ2) is 6.13. The van der Waals surface area contributed by atoms with Gasteiger partial charge in [0, 0.05) is 11.1 Å². The summed E-state index contributed by atoms with van der Waals surface area (Å²) < 4.78 is 5.41. The summed E-state index contributed by atoms with van der Waals surface area (Å²) in [5.74, 6) is 1.14. The van der Waals surface area contributed by atoms with Gasteiger partial charge < -0.3 is 4.52 Å². The van der Waals surface area contributed by atoms with Gasteiger partial charge in [-0.05, 0) is 30.2 Å². The molecule has 3 aromatic carbocycles. The van der Waals surface area contributed by atoms with Crippen LogP contribution in [0.3, 0.4) is 0 Å². The maximum absolute atomic E-state index is 5.41. The Bertz CT molecular complexity index is 939. The predicted octanol–water partition coefficient (Wildman–Crippen LogP) is 5.38. The molecule has 0 spiro atoms. The molecule has 0 radical (unpaired) electrons. The largest absolute Gasteiger partial charge is 0.334 e. The second-order valence-corrected chi connectivity index (χ2v) is 5.73. The van der Waals surface area contributed by atoms with Crippen LogP contribution < -0.4 is 0 Å². The van der Waals surface area contributed by atoms with E-state index in [2.05, 4.69) is 53.5 Å². The van der Waals surface area contributed by atoms with E-state index in [4.69, 9.17) is 4.52 Å². The van der Waals surface area contributed by atoms with Gasteiger partial charge in [-0.15, -0.1) is 0 Å². The minimum Gasteiger partial charge on any atom is -0.334 e. The zero-order valence-electron chi connectivity index (χ0n) is 13.3. The van der Waals surface area contributed by atoms with E-state index in [1.54, 1.807) is 0 Å². The standard InChI is InChI=1S/C21H16N2O/c1-15-7-9-16(10-8-15)17-11-13-19(14-12-17)21-22-20(23-24-21)18-5-3-2-4-6-18/h2-14H,1H3. The van der Waals surface area contributed by atoms with E-state index >= 15 is 0 Å². The lowest BCUT2D eigenvalue weighted by Crippen LogP contribution is -1.82. The Labute approximate surface area is 140 Å². The van der Waals surface area contributed by atoms with E-state index < -0.39 is 0 Å². The van der Waals surface area contributed by atoms with Crippen LogP contribution >= 0.6 is 0 Å². The molecule has 24 heavy (non-hydrogen) atoms. The van der Waals surface area contributed by atoms with Gasteiger partial charge in [0.05, 0.1) is 0 Å². The molecule has 0 N–H and O–H groups in total. The quantitative estimate of drug-likeness (QED) is 0.510. The van der Waals surface area contributed by atoms with E-state index in [-0.39, 0.29) is 0 Å². The molecule has 0 saturated heterocycles. The third kappa shape index (κ3) is 2.84. The van der Waals surface area contributed by atoms with Crippen LogP contribution in [-0.4, -0.2) is 10.1 Å². The van der Waals surface area contributed by atoms with Gasteiger partial charge in [0.15, 0.2) is 0 Å². The molecule has 3 nitrogen and oxygen atoms in total. The Morgan fingerprint density at radius 2 is 1.21 bits per heavy atom. The molecule has 4 rings (SSSR count). The van der Waals surface area contributed by atoms with Gasteiger partial charge in [0.1, 0.15) is 0 Å². The molecule has 0 aliphatic carbocycles. The number of benzene rings is 3. The van der Waals surface area contributed by atoms with Crippen molar-refractivity contribution in [1.82, 2.24) is 10.1 Å². The summed E-state index contributed by atoms with van der Waals surface area (Å²) >= 11 is 0. The van der Waals surface area contributed by atoms with Gasteiger partial charge >= 0.3 is 0 Å². The van der Waals surface area contributed by atoms with E-state index in [0.717, 1.165) is 11.1 Å². The highest BCUT2D eigenvalue weighted by Crippen LogP contribution is 2.26. The second-order valence-electron chi connectivity index (χ2n) is 5.73. The Morgan fingerprint density at radius 3 is 1.88 bits per heavy atom. The summed E-state index contributed by atoms with van der Waals surface area (Å²) in [6.45, 7) is 2.09. The van der Waals surface area contributed by atoms with Crippen LogP contribution in [0.15, 0.2) is 83.4 Å². The first-order chi connectivity index (χ1) is 11.8. The molecule has 0 aliphatic heterocycles. The van der Waals surface area contributed by atoms with Gasteiger partial charge in [-0.1, -0.05) is 77.5 Å². The summed E-state index contributed by atoms with van der Waals surface area (Å²) in [4.78, 5) is 4.49. The van der Waals surface area contributed by atoms with Gasteiger partial charge in [0.25, 0.3) is 5.89 Å². The Balaban J connectivity index is 1.61. The van der Waals surface area contributed by atoms with Gasteiger partial charge in [-0.2, -0.15) is 4.98 Å². The van der Waals surface area contributed by atoms with Gasteiger partial charge in [0.2, 0.25) is 5.82 Å². The smallest absolute Gasteiger partial charge is 0.258 e. The first-order valence-corrected chi connectivity index (χ1v) is 7.86. The molecular weight excluding hydrogens is 296 g/mol. The van der Waals surface area contributed by atoms with E-state index in [9.17, 15) is 0 Å². The molecule has 1 heterocycles. The average Bonchev–Trinajstić information content (AvgIpc) is 3.13.